The Morgan fingerprint density at radius 1 is 1.27 bits per heavy atom. The summed E-state index contributed by atoms with van der Waals surface area (Å²) >= 11 is 0. The van der Waals surface area contributed by atoms with Gasteiger partial charge in [-0.1, -0.05) is 19.9 Å². The molecule has 0 saturated heterocycles. The molecular weight excluding hydrogens is 196 g/mol. The monoisotopic (exact) mass is 212 g/mol. The van der Waals surface area contributed by atoms with E-state index in [0.29, 0.717) is 12.5 Å². The molecule has 4 nitrogen and oxygen atoms in total. The van der Waals surface area contributed by atoms with E-state index in [2.05, 4.69) is 4.74 Å². The fraction of sp³-hybridized carbons (Fsp3) is 0.455. The van der Waals surface area contributed by atoms with Crippen LogP contribution in [0.4, 0.5) is 0 Å². The van der Waals surface area contributed by atoms with Crippen LogP contribution in [0.15, 0.2) is 24.5 Å². The van der Waals surface area contributed by atoms with Crippen LogP contribution < -0.4 is 0 Å². The van der Waals surface area contributed by atoms with Crippen LogP contribution in [-0.4, -0.2) is 18.5 Å². The highest BCUT2D eigenvalue weighted by Crippen LogP contribution is 1.93. The SMILES string of the molecule is CC(=O)O/C=C/C=C/C(=O)OCC(C)C. The molecule has 84 valence electrons. The maximum atomic E-state index is 11.0. The van der Waals surface area contributed by atoms with Crippen molar-refractivity contribution in [3.8, 4) is 0 Å². The summed E-state index contributed by atoms with van der Waals surface area (Å²) in [5.41, 5.74) is 0. The largest absolute Gasteiger partial charge is 0.462 e. The standard InChI is InChI=1S/C11H16O4/c1-9(2)8-15-11(13)6-4-5-7-14-10(3)12/h4-7,9H,8H2,1-3H3/b6-4+,7-5+. The van der Waals surface area contributed by atoms with Crippen molar-refractivity contribution in [2.24, 2.45) is 5.92 Å². The Bertz CT molecular complexity index is 264. The van der Waals surface area contributed by atoms with Gasteiger partial charge >= 0.3 is 11.9 Å². The van der Waals surface area contributed by atoms with Gasteiger partial charge in [0.2, 0.25) is 0 Å². The van der Waals surface area contributed by atoms with Crippen LogP contribution in [0.2, 0.25) is 0 Å². The van der Waals surface area contributed by atoms with Crippen molar-refractivity contribution < 1.29 is 19.1 Å². The van der Waals surface area contributed by atoms with Crippen LogP contribution in [0.25, 0.3) is 0 Å². The third-order valence-corrected chi connectivity index (χ3v) is 1.21. The molecular formula is C11H16O4. The number of rotatable bonds is 5. The average Bonchev–Trinajstić information content (AvgIpc) is 2.13. The van der Waals surface area contributed by atoms with Gasteiger partial charge in [-0.25, -0.2) is 4.79 Å². The summed E-state index contributed by atoms with van der Waals surface area (Å²) in [7, 11) is 0. The van der Waals surface area contributed by atoms with Crippen molar-refractivity contribution in [3.63, 3.8) is 0 Å². The van der Waals surface area contributed by atoms with E-state index in [9.17, 15) is 9.59 Å². The smallest absolute Gasteiger partial charge is 0.330 e. The molecule has 0 aromatic carbocycles. The van der Waals surface area contributed by atoms with Crippen molar-refractivity contribution in [1.82, 2.24) is 0 Å². The van der Waals surface area contributed by atoms with Gasteiger partial charge in [0.05, 0.1) is 12.9 Å². The first-order valence-electron chi connectivity index (χ1n) is 4.69. The lowest BCUT2D eigenvalue weighted by molar-refractivity contribution is -0.138. The highest BCUT2D eigenvalue weighted by Gasteiger charge is 1.98. The number of esters is 2. The van der Waals surface area contributed by atoms with Crippen molar-refractivity contribution in [3.05, 3.63) is 24.5 Å². The molecule has 15 heavy (non-hydrogen) atoms. The normalized spacial score (nSPS) is 11.2. The van der Waals surface area contributed by atoms with Gasteiger partial charge in [0, 0.05) is 13.0 Å². The van der Waals surface area contributed by atoms with E-state index in [1.807, 2.05) is 13.8 Å². The predicted octanol–water partition coefficient (Wildman–Crippen LogP) is 1.82. The zero-order valence-electron chi connectivity index (χ0n) is 9.23. The lowest BCUT2D eigenvalue weighted by Gasteiger charge is -2.03. The third kappa shape index (κ3) is 10.3. The number of allylic oxidation sites excluding steroid dienone is 2. The summed E-state index contributed by atoms with van der Waals surface area (Å²) in [6.45, 7) is 5.61. The first kappa shape index (κ1) is 13.4. The maximum absolute atomic E-state index is 11.0. The zero-order chi connectivity index (χ0) is 11.7. The quantitative estimate of drug-likeness (QED) is 0.302. The van der Waals surface area contributed by atoms with Gasteiger partial charge < -0.3 is 9.47 Å². The van der Waals surface area contributed by atoms with Crippen LogP contribution in [0, 0.1) is 5.92 Å². The number of ether oxygens (including phenoxy) is 2. The molecule has 0 spiro atoms. The molecule has 0 aliphatic heterocycles. The molecule has 0 unspecified atom stereocenters. The van der Waals surface area contributed by atoms with Gasteiger partial charge in [0.25, 0.3) is 0 Å². The van der Waals surface area contributed by atoms with E-state index < -0.39 is 11.9 Å². The molecule has 0 bridgehead atoms. The molecule has 0 fully saturated rings. The number of carbonyl (C=O) groups is 2. The van der Waals surface area contributed by atoms with Gasteiger partial charge in [-0.3, -0.25) is 4.79 Å². The highest BCUT2D eigenvalue weighted by atomic mass is 16.5. The molecule has 0 amide bonds. The molecule has 0 N–H and O–H groups in total. The molecule has 0 heterocycles. The zero-order valence-corrected chi connectivity index (χ0v) is 9.23. The van der Waals surface area contributed by atoms with E-state index in [-0.39, 0.29) is 0 Å². The fourth-order valence-electron chi connectivity index (χ4n) is 0.611. The van der Waals surface area contributed by atoms with Gasteiger partial charge in [-0.2, -0.15) is 0 Å². The van der Waals surface area contributed by atoms with Crippen LogP contribution in [0.1, 0.15) is 20.8 Å². The molecule has 0 aromatic heterocycles. The summed E-state index contributed by atoms with van der Waals surface area (Å²) in [6.07, 6.45) is 5.36. The molecule has 0 rings (SSSR count). The Labute approximate surface area is 89.6 Å². The van der Waals surface area contributed by atoms with Crippen molar-refractivity contribution in [2.75, 3.05) is 6.61 Å². The second-order valence-electron chi connectivity index (χ2n) is 3.32. The number of hydrogen-bond acceptors (Lipinski definition) is 4. The molecule has 0 saturated carbocycles. The Morgan fingerprint density at radius 2 is 1.93 bits per heavy atom. The Kier molecular flexibility index (Phi) is 6.97. The van der Waals surface area contributed by atoms with Gasteiger partial charge in [0.1, 0.15) is 0 Å². The molecule has 0 atom stereocenters. The van der Waals surface area contributed by atoms with Crippen LogP contribution >= 0.6 is 0 Å². The van der Waals surface area contributed by atoms with Crippen LogP contribution in [0.3, 0.4) is 0 Å². The summed E-state index contributed by atoms with van der Waals surface area (Å²) in [5, 5.41) is 0. The number of carbonyl (C=O) groups excluding carboxylic acids is 2. The minimum absolute atomic E-state index is 0.318. The van der Waals surface area contributed by atoms with Crippen LogP contribution in [-0.2, 0) is 19.1 Å². The third-order valence-electron chi connectivity index (χ3n) is 1.21. The summed E-state index contributed by atoms with van der Waals surface area (Å²) in [4.78, 5) is 21.3. The lowest BCUT2D eigenvalue weighted by atomic mass is 10.2. The van der Waals surface area contributed by atoms with Crippen molar-refractivity contribution in [2.45, 2.75) is 20.8 Å². The summed E-state index contributed by atoms with van der Waals surface area (Å²) < 4.78 is 9.36. The van der Waals surface area contributed by atoms with E-state index in [0.717, 1.165) is 0 Å². The van der Waals surface area contributed by atoms with Crippen LogP contribution in [0.5, 0.6) is 0 Å². The summed E-state index contributed by atoms with van der Waals surface area (Å²) in [5.74, 6) is -0.489. The lowest BCUT2D eigenvalue weighted by Crippen LogP contribution is -2.06. The second-order valence-corrected chi connectivity index (χ2v) is 3.32. The Balaban J connectivity index is 3.71. The fourth-order valence-corrected chi connectivity index (χ4v) is 0.611. The molecule has 0 aliphatic rings. The average molecular weight is 212 g/mol. The summed E-state index contributed by atoms with van der Waals surface area (Å²) in [6, 6.07) is 0. The van der Waals surface area contributed by atoms with Crippen molar-refractivity contribution >= 4 is 11.9 Å². The van der Waals surface area contributed by atoms with Gasteiger partial charge in [-0.15, -0.1) is 0 Å². The molecule has 0 aliphatic carbocycles. The maximum Gasteiger partial charge on any atom is 0.330 e. The van der Waals surface area contributed by atoms with Crippen molar-refractivity contribution in [1.29, 1.82) is 0 Å². The molecule has 0 aromatic rings. The minimum Gasteiger partial charge on any atom is -0.462 e. The van der Waals surface area contributed by atoms with E-state index in [4.69, 9.17) is 4.74 Å². The predicted molar refractivity (Wildman–Crippen MR) is 55.8 cm³/mol. The van der Waals surface area contributed by atoms with Gasteiger partial charge in [0.15, 0.2) is 0 Å². The minimum atomic E-state index is -0.406. The van der Waals surface area contributed by atoms with E-state index >= 15 is 0 Å². The first-order valence-corrected chi connectivity index (χ1v) is 4.69. The second kappa shape index (κ2) is 7.79. The highest BCUT2D eigenvalue weighted by molar-refractivity contribution is 5.82. The van der Waals surface area contributed by atoms with Gasteiger partial charge in [-0.05, 0) is 12.0 Å². The number of hydrogen-bond donors (Lipinski definition) is 0. The molecule has 0 radical (unpaired) electrons. The Morgan fingerprint density at radius 3 is 2.47 bits per heavy atom. The van der Waals surface area contributed by atoms with E-state index in [1.165, 1.54) is 31.4 Å². The first-order chi connectivity index (χ1) is 7.02. The Hall–Kier alpha value is -1.58. The molecule has 4 heteroatoms. The topological polar surface area (TPSA) is 52.6 Å². The van der Waals surface area contributed by atoms with E-state index in [1.54, 1.807) is 0 Å².